The largest absolute Gasteiger partial charge is 0.508 e. The molecule has 0 amide bonds. The zero-order valence-corrected chi connectivity index (χ0v) is 9.17. The van der Waals surface area contributed by atoms with E-state index in [4.69, 9.17) is 5.26 Å². The predicted octanol–water partition coefficient (Wildman–Crippen LogP) is 3.46. The van der Waals surface area contributed by atoms with E-state index in [1.54, 1.807) is 24.3 Å². The number of benzene rings is 2. The van der Waals surface area contributed by atoms with E-state index in [0.29, 0.717) is 5.57 Å². The summed E-state index contributed by atoms with van der Waals surface area (Å²) in [6.45, 7) is 0. The molecule has 82 valence electrons. The number of phenols is 1. The molecule has 0 heterocycles. The van der Waals surface area contributed by atoms with Gasteiger partial charge in [0.25, 0.3) is 0 Å². The third kappa shape index (κ3) is 2.73. The molecule has 1 N–H and O–H groups in total. The van der Waals surface area contributed by atoms with Gasteiger partial charge in [0.1, 0.15) is 5.75 Å². The SMILES string of the molecule is N#CC(=Cc1ccccc1)c1ccc(O)cc1. The van der Waals surface area contributed by atoms with E-state index in [0.717, 1.165) is 11.1 Å². The topological polar surface area (TPSA) is 44.0 Å². The number of rotatable bonds is 2. The Morgan fingerprint density at radius 2 is 1.65 bits per heavy atom. The molecule has 0 aliphatic carbocycles. The number of nitrogens with zero attached hydrogens (tertiary/aromatic N) is 1. The molecule has 2 heteroatoms. The van der Waals surface area contributed by atoms with Crippen LogP contribution in [0.1, 0.15) is 11.1 Å². The molecule has 0 saturated heterocycles. The smallest absolute Gasteiger partial charge is 0.115 e. The van der Waals surface area contributed by atoms with Gasteiger partial charge < -0.3 is 5.11 Å². The Bertz CT molecular complexity index is 562. The summed E-state index contributed by atoms with van der Waals surface area (Å²) < 4.78 is 0. The van der Waals surface area contributed by atoms with Crippen molar-refractivity contribution in [2.45, 2.75) is 0 Å². The zero-order chi connectivity index (χ0) is 12.1. The lowest BCUT2D eigenvalue weighted by atomic mass is 10.0. The number of aromatic hydroxyl groups is 1. The molecule has 0 spiro atoms. The maximum atomic E-state index is 9.20. The summed E-state index contributed by atoms with van der Waals surface area (Å²) in [5.41, 5.74) is 2.36. The van der Waals surface area contributed by atoms with Crippen molar-refractivity contribution >= 4 is 11.6 Å². The highest BCUT2D eigenvalue weighted by Gasteiger charge is 2.00. The van der Waals surface area contributed by atoms with Crippen molar-refractivity contribution in [3.8, 4) is 11.8 Å². The Balaban J connectivity index is 2.38. The van der Waals surface area contributed by atoms with Gasteiger partial charge in [-0.1, -0.05) is 30.3 Å². The molecule has 17 heavy (non-hydrogen) atoms. The molecule has 0 aromatic heterocycles. The molecule has 0 atom stereocenters. The summed E-state index contributed by atoms with van der Waals surface area (Å²) in [7, 11) is 0. The fourth-order valence-corrected chi connectivity index (χ4v) is 1.54. The van der Waals surface area contributed by atoms with Crippen molar-refractivity contribution in [1.82, 2.24) is 0 Å². The Morgan fingerprint density at radius 1 is 1.00 bits per heavy atom. The van der Waals surface area contributed by atoms with Crippen LogP contribution in [0, 0.1) is 11.3 Å². The van der Waals surface area contributed by atoms with Crippen molar-refractivity contribution in [3.05, 3.63) is 65.7 Å². The normalized spacial score (nSPS) is 10.9. The summed E-state index contributed by atoms with van der Waals surface area (Å²) >= 11 is 0. The Morgan fingerprint density at radius 3 is 2.24 bits per heavy atom. The van der Waals surface area contributed by atoms with Crippen LogP contribution in [-0.2, 0) is 0 Å². The number of nitriles is 1. The monoisotopic (exact) mass is 221 g/mol. The second kappa shape index (κ2) is 5.00. The van der Waals surface area contributed by atoms with Crippen LogP contribution < -0.4 is 0 Å². The quantitative estimate of drug-likeness (QED) is 0.623. The van der Waals surface area contributed by atoms with E-state index in [2.05, 4.69) is 6.07 Å². The van der Waals surface area contributed by atoms with Gasteiger partial charge in [-0.2, -0.15) is 5.26 Å². The summed E-state index contributed by atoms with van der Waals surface area (Å²) in [5, 5.41) is 18.3. The summed E-state index contributed by atoms with van der Waals surface area (Å²) in [6.07, 6.45) is 1.83. The second-order valence-corrected chi connectivity index (χ2v) is 3.63. The van der Waals surface area contributed by atoms with Gasteiger partial charge in [0.15, 0.2) is 0 Å². The molecule has 0 bridgehead atoms. The molecule has 0 unspecified atom stereocenters. The standard InChI is InChI=1S/C15H11NO/c16-11-14(10-12-4-2-1-3-5-12)13-6-8-15(17)9-7-13/h1-10,17H. The number of hydrogen-bond donors (Lipinski definition) is 1. The van der Waals surface area contributed by atoms with Crippen LogP contribution in [0.15, 0.2) is 54.6 Å². The average Bonchev–Trinajstić information content (AvgIpc) is 2.38. The predicted molar refractivity (Wildman–Crippen MR) is 68.0 cm³/mol. The van der Waals surface area contributed by atoms with Gasteiger partial charge >= 0.3 is 0 Å². The molecule has 2 aromatic carbocycles. The van der Waals surface area contributed by atoms with Crippen molar-refractivity contribution in [2.24, 2.45) is 0 Å². The highest BCUT2D eigenvalue weighted by atomic mass is 16.3. The van der Waals surface area contributed by atoms with Crippen LogP contribution in [0.3, 0.4) is 0 Å². The molecule has 2 aromatic rings. The first-order chi connectivity index (χ1) is 8.29. The Kier molecular flexibility index (Phi) is 3.23. The minimum absolute atomic E-state index is 0.200. The van der Waals surface area contributed by atoms with E-state index in [-0.39, 0.29) is 5.75 Å². The fourth-order valence-electron chi connectivity index (χ4n) is 1.54. The molecular weight excluding hydrogens is 210 g/mol. The summed E-state index contributed by atoms with van der Waals surface area (Å²) in [6, 6.07) is 18.4. The number of allylic oxidation sites excluding steroid dienone is 1. The third-order valence-electron chi connectivity index (χ3n) is 2.41. The number of hydrogen-bond acceptors (Lipinski definition) is 2. The van der Waals surface area contributed by atoms with Crippen LogP contribution in [-0.4, -0.2) is 5.11 Å². The maximum Gasteiger partial charge on any atom is 0.115 e. The van der Waals surface area contributed by atoms with Crippen LogP contribution in [0.4, 0.5) is 0 Å². The van der Waals surface area contributed by atoms with Gasteiger partial charge in [-0.05, 0) is 41.5 Å². The molecule has 0 aliphatic rings. The fraction of sp³-hybridized carbons (Fsp3) is 0. The van der Waals surface area contributed by atoms with E-state index in [1.807, 2.05) is 36.4 Å². The first kappa shape index (κ1) is 11.0. The van der Waals surface area contributed by atoms with E-state index < -0.39 is 0 Å². The molecule has 0 radical (unpaired) electrons. The lowest BCUT2D eigenvalue weighted by Gasteiger charge is -2.00. The third-order valence-corrected chi connectivity index (χ3v) is 2.41. The van der Waals surface area contributed by atoms with Crippen LogP contribution in [0.25, 0.3) is 11.6 Å². The van der Waals surface area contributed by atoms with Crippen LogP contribution in [0.5, 0.6) is 5.75 Å². The summed E-state index contributed by atoms with van der Waals surface area (Å²) in [4.78, 5) is 0. The van der Waals surface area contributed by atoms with Crippen LogP contribution in [0.2, 0.25) is 0 Å². The van der Waals surface area contributed by atoms with Crippen molar-refractivity contribution < 1.29 is 5.11 Å². The minimum Gasteiger partial charge on any atom is -0.508 e. The van der Waals surface area contributed by atoms with Gasteiger partial charge in [-0.25, -0.2) is 0 Å². The molecule has 0 fully saturated rings. The lowest BCUT2D eigenvalue weighted by molar-refractivity contribution is 0.475. The van der Waals surface area contributed by atoms with E-state index in [1.165, 1.54) is 0 Å². The molecule has 0 saturated carbocycles. The van der Waals surface area contributed by atoms with Crippen molar-refractivity contribution in [3.63, 3.8) is 0 Å². The Hall–Kier alpha value is -2.53. The molecular formula is C15H11NO. The first-order valence-corrected chi connectivity index (χ1v) is 5.26. The average molecular weight is 221 g/mol. The van der Waals surface area contributed by atoms with Gasteiger partial charge in [-0.15, -0.1) is 0 Å². The lowest BCUT2D eigenvalue weighted by Crippen LogP contribution is -1.81. The van der Waals surface area contributed by atoms with Crippen molar-refractivity contribution in [1.29, 1.82) is 5.26 Å². The molecule has 2 rings (SSSR count). The first-order valence-electron chi connectivity index (χ1n) is 5.26. The van der Waals surface area contributed by atoms with Gasteiger partial charge in [0, 0.05) is 0 Å². The van der Waals surface area contributed by atoms with E-state index in [9.17, 15) is 5.11 Å². The van der Waals surface area contributed by atoms with Gasteiger partial charge in [0.2, 0.25) is 0 Å². The maximum absolute atomic E-state index is 9.20. The number of phenolic OH excluding ortho intramolecular Hbond substituents is 1. The van der Waals surface area contributed by atoms with Gasteiger partial charge in [-0.3, -0.25) is 0 Å². The minimum atomic E-state index is 0.200. The highest BCUT2D eigenvalue weighted by Crippen LogP contribution is 2.19. The Labute approximate surface area is 100 Å². The van der Waals surface area contributed by atoms with Crippen molar-refractivity contribution in [2.75, 3.05) is 0 Å². The molecule has 2 nitrogen and oxygen atoms in total. The van der Waals surface area contributed by atoms with Crippen LogP contribution >= 0.6 is 0 Å². The zero-order valence-electron chi connectivity index (χ0n) is 9.17. The summed E-state index contributed by atoms with van der Waals surface area (Å²) in [5.74, 6) is 0.200. The van der Waals surface area contributed by atoms with Gasteiger partial charge in [0.05, 0.1) is 11.6 Å². The van der Waals surface area contributed by atoms with E-state index >= 15 is 0 Å². The highest BCUT2D eigenvalue weighted by molar-refractivity contribution is 5.89. The second-order valence-electron chi connectivity index (χ2n) is 3.63. The molecule has 0 aliphatic heterocycles.